The molecule has 0 aliphatic rings. The van der Waals surface area contributed by atoms with Crippen LogP contribution in [0.3, 0.4) is 0 Å². The molecule has 0 spiro atoms. The summed E-state index contributed by atoms with van der Waals surface area (Å²) in [4.78, 5) is 4.86. The molecule has 0 saturated carbocycles. The van der Waals surface area contributed by atoms with Gasteiger partial charge in [0.2, 0.25) is 0 Å². The lowest BCUT2D eigenvalue weighted by atomic mass is 9.70. The number of hydrogen-bond acceptors (Lipinski definition) is 2. The Morgan fingerprint density at radius 1 is 0.735 bits per heavy atom. The summed E-state index contributed by atoms with van der Waals surface area (Å²) < 4.78 is 0. The molecule has 4 aromatic carbocycles. The van der Waals surface area contributed by atoms with E-state index in [-0.39, 0.29) is 11.8 Å². The standard InChI is InChI=1S/C32H33NO/c1-4-27(5-2)33-23-29-28(24-15-9-6-10-16-24)21-22-30(31(29)34)32(3,25-17-11-7-12-18-25)26-19-13-8-14-20-26/h6-23,27,34H,4-5H2,1-3H3. The average molecular weight is 448 g/mol. The molecule has 0 heterocycles. The van der Waals surface area contributed by atoms with Gasteiger partial charge < -0.3 is 5.11 Å². The zero-order chi connectivity index (χ0) is 24.0. The van der Waals surface area contributed by atoms with Gasteiger partial charge in [-0.3, -0.25) is 4.99 Å². The number of nitrogens with zero attached hydrogens (tertiary/aromatic N) is 1. The van der Waals surface area contributed by atoms with Crippen LogP contribution in [0.15, 0.2) is 108 Å². The third-order valence-corrected chi connectivity index (χ3v) is 6.90. The summed E-state index contributed by atoms with van der Waals surface area (Å²) in [7, 11) is 0. The summed E-state index contributed by atoms with van der Waals surface area (Å²) in [6.07, 6.45) is 3.83. The smallest absolute Gasteiger partial charge is 0.129 e. The van der Waals surface area contributed by atoms with Crippen LogP contribution in [0.4, 0.5) is 0 Å². The van der Waals surface area contributed by atoms with E-state index in [1.165, 1.54) is 0 Å². The Hall–Kier alpha value is -3.65. The van der Waals surface area contributed by atoms with Gasteiger partial charge in [-0.25, -0.2) is 0 Å². The molecule has 1 N–H and O–H groups in total. The predicted octanol–water partition coefficient (Wildman–Crippen LogP) is 8.02. The van der Waals surface area contributed by atoms with E-state index in [0.29, 0.717) is 0 Å². The normalized spacial score (nSPS) is 11.9. The van der Waals surface area contributed by atoms with Crippen molar-refractivity contribution in [2.75, 3.05) is 0 Å². The van der Waals surface area contributed by atoms with Gasteiger partial charge in [-0.15, -0.1) is 0 Å². The fourth-order valence-electron chi connectivity index (χ4n) is 4.71. The molecule has 172 valence electrons. The monoisotopic (exact) mass is 447 g/mol. The molecule has 0 aliphatic carbocycles. The highest BCUT2D eigenvalue weighted by molar-refractivity contribution is 5.94. The Balaban J connectivity index is 1.98. The van der Waals surface area contributed by atoms with Crippen LogP contribution >= 0.6 is 0 Å². The average Bonchev–Trinajstić information content (AvgIpc) is 2.91. The van der Waals surface area contributed by atoms with Crippen LogP contribution in [0, 0.1) is 0 Å². The van der Waals surface area contributed by atoms with Crippen LogP contribution in [0.1, 0.15) is 55.9 Å². The first-order valence-corrected chi connectivity index (χ1v) is 12.2. The fourth-order valence-corrected chi connectivity index (χ4v) is 4.71. The minimum absolute atomic E-state index is 0.237. The Labute approximate surface area is 203 Å². The molecule has 0 radical (unpaired) electrons. The second-order valence-corrected chi connectivity index (χ2v) is 8.89. The Morgan fingerprint density at radius 3 is 1.74 bits per heavy atom. The minimum Gasteiger partial charge on any atom is -0.507 e. The second kappa shape index (κ2) is 10.5. The number of rotatable bonds is 8. The van der Waals surface area contributed by atoms with Crippen LogP contribution in [0.2, 0.25) is 0 Å². The highest BCUT2D eigenvalue weighted by Gasteiger charge is 2.34. The van der Waals surface area contributed by atoms with Gasteiger partial charge in [0.25, 0.3) is 0 Å². The number of aliphatic imine (C=N–C) groups is 1. The molecule has 34 heavy (non-hydrogen) atoms. The zero-order valence-electron chi connectivity index (χ0n) is 20.3. The fraction of sp³-hybridized carbons (Fsp3) is 0.219. The summed E-state index contributed by atoms with van der Waals surface area (Å²) in [5.41, 5.74) is 5.43. The quantitative estimate of drug-likeness (QED) is 0.215. The molecule has 0 aromatic heterocycles. The van der Waals surface area contributed by atoms with Gasteiger partial charge >= 0.3 is 0 Å². The van der Waals surface area contributed by atoms with Gasteiger partial charge in [-0.05, 0) is 42.0 Å². The highest BCUT2D eigenvalue weighted by Crippen LogP contribution is 2.45. The zero-order valence-corrected chi connectivity index (χ0v) is 20.3. The summed E-state index contributed by atoms with van der Waals surface area (Å²) >= 11 is 0. The van der Waals surface area contributed by atoms with E-state index in [4.69, 9.17) is 4.99 Å². The van der Waals surface area contributed by atoms with Gasteiger partial charge in [-0.2, -0.15) is 0 Å². The second-order valence-electron chi connectivity index (χ2n) is 8.89. The number of phenolic OH excluding ortho intramolecular Hbond substituents is 1. The lowest BCUT2D eigenvalue weighted by Gasteiger charge is -2.33. The van der Waals surface area contributed by atoms with Crippen molar-refractivity contribution in [3.05, 3.63) is 125 Å². The van der Waals surface area contributed by atoms with Gasteiger partial charge in [0, 0.05) is 28.8 Å². The van der Waals surface area contributed by atoms with E-state index < -0.39 is 5.41 Å². The van der Waals surface area contributed by atoms with Crippen molar-refractivity contribution in [3.8, 4) is 16.9 Å². The Kier molecular flexibility index (Phi) is 7.27. The third kappa shape index (κ3) is 4.54. The van der Waals surface area contributed by atoms with Gasteiger partial charge in [0.1, 0.15) is 5.75 Å². The third-order valence-electron chi connectivity index (χ3n) is 6.90. The first kappa shape index (κ1) is 23.5. The lowest BCUT2D eigenvalue weighted by molar-refractivity contribution is 0.457. The molecule has 0 saturated heterocycles. The highest BCUT2D eigenvalue weighted by atomic mass is 16.3. The van der Waals surface area contributed by atoms with Crippen molar-refractivity contribution in [1.82, 2.24) is 0 Å². The summed E-state index contributed by atoms with van der Waals surface area (Å²) in [5.74, 6) is 0.284. The molecule has 0 fully saturated rings. The Morgan fingerprint density at radius 2 is 1.24 bits per heavy atom. The van der Waals surface area contributed by atoms with Crippen LogP contribution < -0.4 is 0 Å². The van der Waals surface area contributed by atoms with E-state index in [0.717, 1.165) is 46.2 Å². The lowest BCUT2D eigenvalue weighted by Crippen LogP contribution is -2.25. The van der Waals surface area contributed by atoms with Crippen molar-refractivity contribution in [3.63, 3.8) is 0 Å². The van der Waals surface area contributed by atoms with E-state index in [1.54, 1.807) is 0 Å². The molecular formula is C32H33NO. The van der Waals surface area contributed by atoms with Crippen LogP contribution in [-0.2, 0) is 5.41 Å². The number of phenols is 1. The molecule has 2 nitrogen and oxygen atoms in total. The number of aromatic hydroxyl groups is 1. The van der Waals surface area contributed by atoms with Gasteiger partial charge in [0.15, 0.2) is 0 Å². The molecular weight excluding hydrogens is 414 g/mol. The molecule has 4 rings (SSSR count). The molecule has 0 unspecified atom stereocenters. The molecule has 4 aromatic rings. The van der Waals surface area contributed by atoms with E-state index >= 15 is 0 Å². The maximum absolute atomic E-state index is 11.9. The molecule has 0 aliphatic heterocycles. The topological polar surface area (TPSA) is 32.6 Å². The minimum atomic E-state index is -0.528. The maximum Gasteiger partial charge on any atom is 0.129 e. The first-order chi connectivity index (χ1) is 16.6. The Bertz CT molecular complexity index is 1190. The molecule has 2 heteroatoms. The molecule has 0 amide bonds. The number of hydrogen-bond donors (Lipinski definition) is 1. The first-order valence-electron chi connectivity index (χ1n) is 12.2. The van der Waals surface area contributed by atoms with Gasteiger partial charge in [0.05, 0.1) is 0 Å². The van der Waals surface area contributed by atoms with Crippen molar-refractivity contribution in [2.24, 2.45) is 4.99 Å². The van der Waals surface area contributed by atoms with E-state index in [1.807, 2.05) is 36.5 Å². The van der Waals surface area contributed by atoms with Crippen molar-refractivity contribution < 1.29 is 5.11 Å². The van der Waals surface area contributed by atoms with E-state index in [9.17, 15) is 5.11 Å². The number of benzene rings is 4. The van der Waals surface area contributed by atoms with Crippen molar-refractivity contribution in [1.29, 1.82) is 0 Å². The maximum atomic E-state index is 11.9. The summed E-state index contributed by atoms with van der Waals surface area (Å²) in [6.45, 7) is 6.50. The SMILES string of the molecule is CCC(CC)N=Cc1c(-c2ccccc2)ccc(C(C)(c2ccccc2)c2ccccc2)c1O. The summed E-state index contributed by atoms with van der Waals surface area (Å²) in [6, 6.07) is 35.5. The predicted molar refractivity (Wildman–Crippen MR) is 144 cm³/mol. The van der Waals surface area contributed by atoms with Gasteiger partial charge in [-0.1, -0.05) is 117 Å². The van der Waals surface area contributed by atoms with Crippen LogP contribution in [0.5, 0.6) is 5.75 Å². The largest absolute Gasteiger partial charge is 0.507 e. The molecule has 0 bridgehead atoms. The van der Waals surface area contributed by atoms with Crippen LogP contribution in [0.25, 0.3) is 11.1 Å². The van der Waals surface area contributed by atoms with Crippen molar-refractivity contribution >= 4 is 6.21 Å². The summed E-state index contributed by atoms with van der Waals surface area (Å²) in [5, 5.41) is 11.9. The van der Waals surface area contributed by atoms with Crippen LogP contribution in [-0.4, -0.2) is 17.4 Å². The molecule has 0 atom stereocenters. The van der Waals surface area contributed by atoms with Crippen molar-refractivity contribution in [2.45, 2.75) is 45.1 Å². The van der Waals surface area contributed by atoms with E-state index in [2.05, 4.69) is 93.6 Å².